The monoisotopic (exact) mass is 314 g/mol. The molecule has 1 aromatic heterocycles. The van der Waals surface area contributed by atoms with E-state index in [4.69, 9.17) is 10.6 Å². The van der Waals surface area contributed by atoms with Crippen molar-refractivity contribution in [3.63, 3.8) is 0 Å². The minimum atomic E-state index is 0.296. The molecule has 0 saturated heterocycles. The number of nitrogens with one attached hydrogen (secondary N) is 2. The molecule has 0 aliphatic heterocycles. The number of hydrogen-bond donors (Lipinski definition) is 3. The number of nitrogens with zero attached hydrogens (tertiary/aromatic N) is 3. The summed E-state index contributed by atoms with van der Waals surface area (Å²) in [4.78, 5) is 17.7. The van der Waals surface area contributed by atoms with E-state index in [1.165, 1.54) is 26.8 Å². The molecular formula is C15H18N6O2. The number of nitrogens with two attached hydrogens (primary N) is 1. The van der Waals surface area contributed by atoms with Crippen molar-refractivity contribution in [2.45, 2.75) is 0 Å². The molecule has 0 amide bonds. The van der Waals surface area contributed by atoms with Gasteiger partial charge < -0.3 is 15.9 Å². The van der Waals surface area contributed by atoms with Gasteiger partial charge in [0.15, 0.2) is 0 Å². The zero-order chi connectivity index (χ0) is 16.7. The first-order chi connectivity index (χ1) is 11.2. The van der Waals surface area contributed by atoms with E-state index in [0.717, 1.165) is 11.3 Å². The zero-order valence-corrected chi connectivity index (χ0v) is 12.9. The van der Waals surface area contributed by atoms with Crippen LogP contribution in [0.15, 0.2) is 42.3 Å². The van der Waals surface area contributed by atoms with E-state index in [1.54, 1.807) is 0 Å². The predicted octanol–water partition coefficient (Wildman–Crippen LogP) is 1.90. The van der Waals surface area contributed by atoms with Crippen LogP contribution in [-0.4, -0.2) is 30.4 Å². The fraction of sp³-hybridized carbons (Fsp3) is 0.133. The van der Waals surface area contributed by atoms with Gasteiger partial charge in [0.1, 0.15) is 25.1 Å². The molecule has 23 heavy (non-hydrogen) atoms. The molecule has 0 radical (unpaired) electrons. The lowest BCUT2D eigenvalue weighted by molar-refractivity contribution is 0.137. The Hall–Kier alpha value is -3.13. The number of anilines is 3. The van der Waals surface area contributed by atoms with Crippen LogP contribution in [-0.2, 0) is 9.68 Å². The van der Waals surface area contributed by atoms with Crippen LogP contribution in [0, 0.1) is 0 Å². The third-order valence-corrected chi connectivity index (χ3v) is 2.90. The maximum absolute atomic E-state index is 5.85. The standard InChI is InChI=1S/C15H18N6O2/c1-10(21-23-3)11-5-4-6-12(7-11)20-15-13(8-19-22-2)14(16)17-9-18-15/h4-9,21H,1H2,2-3H3,(H3,16,17,18,20)/b19-8-. The van der Waals surface area contributed by atoms with E-state index in [1.807, 2.05) is 24.3 Å². The molecule has 0 unspecified atom stereocenters. The number of rotatable bonds is 7. The first-order valence-electron chi connectivity index (χ1n) is 6.68. The van der Waals surface area contributed by atoms with Gasteiger partial charge >= 0.3 is 0 Å². The van der Waals surface area contributed by atoms with Gasteiger partial charge in [-0.05, 0) is 12.1 Å². The molecule has 0 spiro atoms. The topological polar surface area (TPSA) is 107 Å². The smallest absolute Gasteiger partial charge is 0.144 e. The van der Waals surface area contributed by atoms with Crippen LogP contribution in [0.4, 0.5) is 17.3 Å². The van der Waals surface area contributed by atoms with Crippen LogP contribution < -0.4 is 16.5 Å². The summed E-state index contributed by atoms with van der Waals surface area (Å²) in [5.41, 5.74) is 11.4. The highest BCUT2D eigenvalue weighted by Crippen LogP contribution is 2.22. The van der Waals surface area contributed by atoms with Crippen molar-refractivity contribution in [1.82, 2.24) is 15.4 Å². The molecule has 0 saturated carbocycles. The van der Waals surface area contributed by atoms with Crippen LogP contribution >= 0.6 is 0 Å². The number of aromatic nitrogens is 2. The second kappa shape index (κ2) is 7.76. The van der Waals surface area contributed by atoms with Gasteiger partial charge in [-0.15, -0.1) is 0 Å². The fourth-order valence-corrected chi connectivity index (χ4v) is 1.85. The number of hydrogen-bond acceptors (Lipinski definition) is 8. The molecule has 0 fully saturated rings. The normalized spacial score (nSPS) is 10.5. The molecule has 8 nitrogen and oxygen atoms in total. The van der Waals surface area contributed by atoms with E-state index in [2.05, 4.69) is 37.3 Å². The molecule has 1 aromatic carbocycles. The van der Waals surface area contributed by atoms with E-state index >= 15 is 0 Å². The maximum Gasteiger partial charge on any atom is 0.144 e. The summed E-state index contributed by atoms with van der Waals surface area (Å²) in [6, 6.07) is 7.57. The summed E-state index contributed by atoms with van der Waals surface area (Å²) in [5.74, 6) is 0.811. The zero-order valence-electron chi connectivity index (χ0n) is 12.9. The lowest BCUT2D eigenvalue weighted by Crippen LogP contribution is -2.09. The molecule has 2 rings (SSSR count). The van der Waals surface area contributed by atoms with Gasteiger partial charge in [0.05, 0.1) is 24.6 Å². The summed E-state index contributed by atoms with van der Waals surface area (Å²) >= 11 is 0. The van der Waals surface area contributed by atoms with E-state index in [9.17, 15) is 0 Å². The molecule has 4 N–H and O–H groups in total. The molecular weight excluding hydrogens is 296 g/mol. The van der Waals surface area contributed by atoms with Crippen LogP contribution in [0.1, 0.15) is 11.1 Å². The lowest BCUT2D eigenvalue weighted by atomic mass is 10.1. The van der Waals surface area contributed by atoms with Crippen molar-refractivity contribution in [3.8, 4) is 0 Å². The lowest BCUT2D eigenvalue weighted by Gasteiger charge is -2.12. The molecule has 8 heteroatoms. The van der Waals surface area contributed by atoms with Gasteiger partial charge in [0.25, 0.3) is 0 Å². The third-order valence-electron chi connectivity index (χ3n) is 2.90. The molecule has 2 aromatic rings. The number of oxime groups is 1. The SMILES string of the molecule is C=C(NOC)c1cccc(Nc2ncnc(N)c2/C=N\OC)c1. The van der Waals surface area contributed by atoms with Gasteiger partial charge in [-0.2, -0.15) is 0 Å². The number of nitrogen functional groups attached to an aromatic ring is 1. The Morgan fingerprint density at radius 3 is 2.91 bits per heavy atom. The molecule has 0 aliphatic rings. The Balaban J connectivity index is 2.29. The highest BCUT2D eigenvalue weighted by Gasteiger charge is 2.08. The van der Waals surface area contributed by atoms with Crippen molar-refractivity contribution in [2.75, 3.05) is 25.3 Å². The summed E-state index contributed by atoms with van der Waals surface area (Å²) in [7, 11) is 2.97. The van der Waals surface area contributed by atoms with Crippen LogP contribution in [0.2, 0.25) is 0 Å². The Kier molecular flexibility index (Phi) is 5.48. The second-order valence-corrected chi connectivity index (χ2v) is 4.43. The van der Waals surface area contributed by atoms with Gasteiger partial charge in [0, 0.05) is 11.3 Å². The van der Waals surface area contributed by atoms with E-state index < -0.39 is 0 Å². The summed E-state index contributed by atoms with van der Waals surface area (Å²) in [5, 5.41) is 6.88. The van der Waals surface area contributed by atoms with Gasteiger partial charge in [-0.1, -0.05) is 23.9 Å². The average molecular weight is 314 g/mol. The predicted molar refractivity (Wildman–Crippen MR) is 90.0 cm³/mol. The van der Waals surface area contributed by atoms with Crippen LogP contribution in [0.3, 0.4) is 0 Å². The van der Waals surface area contributed by atoms with Crippen molar-refractivity contribution >= 4 is 29.2 Å². The van der Waals surface area contributed by atoms with Crippen molar-refractivity contribution < 1.29 is 9.68 Å². The van der Waals surface area contributed by atoms with Crippen LogP contribution in [0.25, 0.3) is 5.70 Å². The van der Waals surface area contributed by atoms with E-state index in [0.29, 0.717) is 22.9 Å². The number of hydroxylamine groups is 1. The minimum absolute atomic E-state index is 0.296. The quantitative estimate of drug-likeness (QED) is 0.529. The highest BCUT2D eigenvalue weighted by molar-refractivity contribution is 5.92. The summed E-state index contributed by atoms with van der Waals surface area (Å²) in [6.07, 6.45) is 2.82. The first-order valence-corrected chi connectivity index (χ1v) is 6.68. The van der Waals surface area contributed by atoms with Crippen molar-refractivity contribution in [1.29, 1.82) is 0 Å². The largest absolute Gasteiger partial charge is 0.399 e. The van der Waals surface area contributed by atoms with Gasteiger partial charge in [-0.25, -0.2) is 9.97 Å². The molecule has 120 valence electrons. The molecule has 0 atom stereocenters. The Bertz CT molecular complexity index is 717. The second-order valence-electron chi connectivity index (χ2n) is 4.43. The summed E-state index contributed by atoms with van der Waals surface area (Å²) in [6.45, 7) is 3.89. The van der Waals surface area contributed by atoms with Crippen molar-refractivity contribution in [3.05, 3.63) is 48.3 Å². The van der Waals surface area contributed by atoms with Gasteiger partial charge in [-0.3, -0.25) is 10.3 Å². The van der Waals surface area contributed by atoms with Crippen molar-refractivity contribution in [2.24, 2.45) is 5.16 Å². The average Bonchev–Trinajstić information content (AvgIpc) is 2.55. The highest BCUT2D eigenvalue weighted by atomic mass is 16.6. The maximum atomic E-state index is 5.85. The molecule has 0 aliphatic carbocycles. The van der Waals surface area contributed by atoms with E-state index in [-0.39, 0.29) is 0 Å². The number of benzene rings is 1. The fourth-order valence-electron chi connectivity index (χ4n) is 1.85. The molecule has 1 heterocycles. The Morgan fingerprint density at radius 2 is 2.17 bits per heavy atom. The summed E-state index contributed by atoms with van der Waals surface area (Å²) < 4.78 is 0. The first kappa shape index (κ1) is 16.2. The Morgan fingerprint density at radius 1 is 1.35 bits per heavy atom. The third kappa shape index (κ3) is 4.17. The molecule has 0 bridgehead atoms. The Labute approximate surface area is 134 Å². The van der Waals surface area contributed by atoms with Crippen LogP contribution in [0.5, 0.6) is 0 Å². The minimum Gasteiger partial charge on any atom is -0.399 e. The van der Waals surface area contributed by atoms with Gasteiger partial charge in [0.2, 0.25) is 0 Å².